The summed E-state index contributed by atoms with van der Waals surface area (Å²) in [6.45, 7) is 2.51. The molecule has 4 nitrogen and oxygen atoms in total. The van der Waals surface area contributed by atoms with Gasteiger partial charge in [-0.25, -0.2) is 0 Å². The Kier molecular flexibility index (Phi) is 3.89. The van der Waals surface area contributed by atoms with Crippen LogP contribution < -0.4 is 5.32 Å². The van der Waals surface area contributed by atoms with Crippen molar-refractivity contribution >= 4 is 5.97 Å². The lowest BCUT2D eigenvalue weighted by atomic mass is 9.79. The average Bonchev–Trinajstić information content (AvgIpc) is 2.10. The van der Waals surface area contributed by atoms with E-state index in [9.17, 15) is 9.90 Å². The minimum Gasteiger partial charge on any atom is -0.480 e. The molecule has 4 heteroatoms. The van der Waals surface area contributed by atoms with E-state index in [4.69, 9.17) is 5.11 Å². The summed E-state index contributed by atoms with van der Waals surface area (Å²) in [5, 5.41) is 21.2. The third-order valence-electron chi connectivity index (χ3n) is 2.94. The highest BCUT2D eigenvalue weighted by atomic mass is 16.4. The molecule has 14 heavy (non-hydrogen) atoms. The van der Waals surface area contributed by atoms with E-state index in [0.29, 0.717) is 12.5 Å². The highest BCUT2D eigenvalue weighted by molar-refractivity contribution is 5.68. The van der Waals surface area contributed by atoms with Crippen LogP contribution in [-0.4, -0.2) is 34.9 Å². The maximum Gasteiger partial charge on any atom is 0.317 e. The molecule has 0 aromatic carbocycles. The van der Waals surface area contributed by atoms with Crippen LogP contribution in [0.15, 0.2) is 0 Å². The molecule has 1 rings (SSSR count). The van der Waals surface area contributed by atoms with Crippen molar-refractivity contribution in [3.05, 3.63) is 0 Å². The van der Waals surface area contributed by atoms with Gasteiger partial charge in [0.05, 0.1) is 12.1 Å². The summed E-state index contributed by atoms with van der Waals surface area (Å²) < 4.78 is 0. The van der Waals surface area contributed by atoms with Crippen LogP contribution in [-0.2, 0) is 4.79 Å². The molecule has 0 saturated heterocycles. The van der Waals surface area contributed by atoms with E-state index >= 15 is 0 Å². The Bertz CT molecular complexity index is 198. The Balaban J connectivity index is 2.25. The largest absolute Gasteiger partial charge is 0.480 e. The van der Waals surface area contributed by atoms with Gasteiger partial charge in [0.15, 0.2) is 0 Å². The third-order valence-corrected chi connectivity index (χ3v) is 2.94. The van der Waals surface area contributed by atoms with E-state index in [-0.39, 0.29) is 6.54 Å². The third kappa shape index (κ3) is 3.64. The van der Waals surface area contributed by atoms with Crippen molar-refractivity contribution in [2.24, 2.45) is 5.92 Å². The number of aliphatic carboxylic acids is 1. The standard InChI is InChI=1S/C10H19NO3/c1-8-2-4-10(14,5-3-8)7-11-6-9(12)13/h8,11,14H,2-7H2,1H3,(H,12,13). The summed E-state index contributed by atoms with van der Waals surface area (Å²) in [6.07, 6.45) is 3.62. The highest BCUT2D eigenvalue weighted by Crippen LogP contribution is 2.31. The van der Waals surface area contributed by atoms with Crippen LogP contribution in [0.3, 0.4) is 0 Å². The lowest BCUT2D eigenvalue weighted by molar-refractivity contribution is -0.136. The number of carbonyl (C=O) groups is 1. The van der Waals surface area contributed by atoms with Crippen molar-refractivity contribution < 1.29 is 15.0 Å². The molecule has 0 heterocycles. The fourth-order valence-corrected chi connectivity index (χ4v) is 1.88. The maximum atomic E-state index is 10.3. The second kappa shape index (κ2) is 4.75. The first-order valence-electron chi connectivity index (χ1n) is 5.17. The van der Waals surface area contributed by atoms with E-state index < -0.39 is 11.6 Å². The van der Waals surface area contributed by atoms with Crippen LogP contribution in [0, 0.1) is 5.92 Å². The van der Waals surface area contributed by atoms with Gasteiger partial charge >= 0.3 is 5.97 Å². The minimum atomic E-state index is -0.877. The van der Waals surface area contributed by atoms with Crippen LogP contribution in [0.25, 0.3) is 0 Å². The Morgan fingerprint density at radius 3 is 2.57 bits per heavy atom. The first-order valence-corrected chi connectivity index (χ1v) is 5.17. The molecule has 0 aliphatic heterocycles. The molecule has 0 radical (unpaired) electrons. The summed E-state index contributed by atoms with van der Waals surface area (Å²) >= 11 is 0. The van der Waals surface area contributed by atoms with Gasteiger partial charge in [-0.2, -0.15) is 0 Å². The Morgan fingerprint density at radius 1 is 1.50 bits per heavy atom. The predicted molar refractivity (Wildman–Crippen MR) is 53.1 cm³/mol. The van der Waals surface area contributed by atoms with E-state index in [1.807, 2.05) is 0 Å². The molecule has 0 bridgehead atoms. The number of carboxylic acids is 1. The van der Waals surface area contributed by atoms with Crippen LogP contribution in [0.5, 0.6) is 0 Å². The lowest BCUT2D eigenvalue weighted by Crippen LogP contribution is -2.44. The van der Waals surface area contributed by atoms with Crippen molar-refractivity contribution in [1.29, 1.82) is 0 Å². The molecule has 3 N–H and O–H groups in total. The summed E-state index contributed by atoms with van der Waals surface area (Å²) in [4.78, 5) is 10.3. The molecule has 0 amide bonds. The second-order valence-corrected chi connectivity index (χ2v) is 4.40. The molecule has 1 aliphatic rings. The first kappa shape index (κ1) is 11.5. The quantitative estimate of drug-likeness (QED) is 0.623. The molecule has 0 unspecified atom stereocenters. The lowest BCUT2D eigenvalue weighted by Gasteiger charge is -2.34. The summed E-state index contributed by atoms with van der Waals surface area (Å²) in [5.74, 6) is -0.187. The van der Waals surface area contributed by atoms with Gasteiger partial charge in [0.1, 0.15) is 0 Å². The number of nitrogens with one attached hydrogen (secondary N) is 1. The highest BCUT2D eigenvalue weighted by Gasteiger charge is 2.31. The number of rotatable bonds is 4. The van der Waals surface area contributed by atoms with Gasteiger partial charge in [0.2, 0.25) is 0 Å². The van der Waals surface area contributed by atoms with Gasteiger partial charge in [0.25, 0.3) is 0 Å². The number of hydrogen-bond acceptors (Lipinski definition) is 3. The molecule has 0 spiro atoms. The van der Waals surface area contributed by atoms with Crippen molar-refractivity contribution in [2.45, 2.75) is 38.2 Å². The van der Waals surface area contributed by atoms with Gasteiger partial charge in [-0.05, 0) is 31.6 Å². The molecule has 0 aromatic heterocycles. The number of aliphatic hydroxyl groups is 1. The average molecular weight is 201 g/mol. The van der Waals surface area contributed by atoms with Crippen LogP contribution >= 0.6 is 0 Å². The van der Waals surface area contributed by atoms with Crippen molar-refractivity contribution in [2.75, 3.05) is 13.1 Å². The van der Waals surface area contributed by atoms with Gasteiger partial charge in [-0.1, -0.05) is 6.92 Å². The summed E-state index contributed by atoms with van der Waals surface area (Å²) in [5.41, 5.74) is -0.679. The molecule has 0 atom stereocenters. The molecule has 1 aliphatic carbocycles. The fraction of sp³-hybridized carbons (Fsp3) is 0.900. The minimum absolute atomic E-state index is 0.0716. The number of hydrogen-bond donors (Lipinski definition) is 3. The van der Waals surface area contributed by atoms with Crippen molar-refractivity contribution in [1.82, 2.24) is 5.32 Å². The SMILES string of the molecule is CC1CCC(O)(CNCC(=O)O)CC1. The van der Waals surface area contributed by atoms with Crippen LogP contribution in [0.4, 0.5) is 0 Å². The van der Waals surface area contributed by atoms with Gasteiger partial charge < -0.3 is 15.5 Å². The normalized spacial score (nSPS) is 32.9. The topological polar surface area (TPSA) is 69.6 Å². The Morgan fingerprint density at radius 2 is 2.07 bits per heavy atom. The zero-order chi connectivity index (χ0) is 10.6. The molecule has 0 aromatic rings. The Hall–Kier alpha value is -0.610. The van der Waals surface area contributed by atoms with E-state index in [1.165, 1.54) is 0 Å². The van der Waals surface area contributed by atoms with Crippen molar-refractivity contribution in [3.8, 4) is 0 Å². The number of carboxylic acid groups (broad SMARTS) is 1. The van der Waals surface area contributed by atoms with Gasteiger partial charge in [-0.3, -0.25) is 4.79 Å². The van der Waals surface area contributed by atoms with E-state index in [0.717, 1.165) is 25.7 Å². The molecular formula is C10H19NO3. The zero-order valence-electron chi connectivity index (χ0n) is 8.62. The summed E-state index contributed by atoms with van der Waals surface area (Å²) in [6, 6.07) is 0. The monoisotopic (exact) mass is 201 g/mol. The first-order chi connectivity index (χ1) is 6.52. The van der Waals surface area contributed by atoms with E-state index in [2.05, 4.69) is 12.2 Å². The molecule has 1 saturated carbocycles. The molecule has 82 valence electrons. The smallest absolute Gasteiger partial charge is 0.317 e. The van der Waals surface area contributed by atoms with Crippen LogP contribution in [0.1, 0.15) is 32.6 Å². The summed E-state index contributed by atoms with van der Waals surface area (Å²) in [7, 11) is 0. The maximum absolute atomic E-state index is 10.3. The van der Waals surface area contributed by atoms with Gasteiger partial charge in [-0.15, -0.1) is 0 Å². The van der Waals surface area contributed by atoms with Gasteiger partial charge in [0, 0.05) is 6.54 Å². The second-order valence-electron chi connectivity index (χ2n) is 4.40. The molecule has 1 fully saturated rings. The fourth-order valence-electron chi connectivity index (χ4n) is 1.88. The van der Waals surface area contributed by atoms with Crippen LogP contribution in [0.2, 0.25) is 0 Å². The predicted octanol–water partition coefficient (Wildman–Crippen LogP) is 0.602. The molecular weight excluding hydrogens is 182 g/mol. The Labute approximate surface area is 84.3 Å². The van der Waals surface area contributed by atoms with E-state index in [1.54, 1.807) is 0 Å². The van der Waals surface area contributed by atoms with Crippen molar-refractivity contribution in [3.63, 3.8) is 0 Å². The zero-order valence-corrected chi connectivity index (χ0v) is 8.62.